The van der Waals surface area contributed by atoms with Crippen LogP contribution in [0.4, 0.5) is 10.5 Å². The summed E-state index contributed by atoms with van der Waals surface area (Å²) in [6.07, 6.45) is 1.00. The normalized spacial score (nSPS) is 15.3. The quantitative estimate of drug-likeness (QED) is 0.297. The molecule has 0 atom stereocenters. The summed E-state index contributed by atoms with van der Waals surface area (Å²) in [6.45, 7) is 10.3. The summed E-state index contributed by atoms with van der Waals surface area (Å²) in [5.41, 5.74) is 0.986. The highest BCUT2D eigenvalue weighted by atomic mass is 35.5. The van der Waals surface area contributed by atoms with Crippen LogP contribution >= 0.6 is 11.6 Å². The molecule has 5 rings (SSSR count). The van der Waals surface area contributed by atoms with Crippen LogP contribution in [0.25, 0.3) is 16.6 Å². The summed E-state index contributed by atoms with van der Waals surface area (Å²) >= 11 is 6.25. The number of methoxy groups -OCH3 is 1. The topological polar surface area (TPSA) is 137 Å². The molecule has 2 aliphatic heterocycles. The maximum atomic E-state index is 13.3. The molecule has 1 N–H and O–H groups in total. The van der Waals surface area contributed by atoms with Gasteiger partial charge in [0, 0.05) is 50.6 Å². The Hall–Kier alpha value is -4.10. The standard InChI is InChI=1S/C29H35ClN6O7/c1-6-41-27(38)17-15-34(16-17)8-7-31-26(37)25-18-14-32-24(30)13-19(18)36(33-25)21-12-23-20(11-22(21)40-5)35(9-10-42-23)28(39)43-29(2,3)4/h11-14,17H,6-10,15-16H2,1-5H3,(H,31,37). The monoisotopic (exact) mass is 614 g/mol. The van der Waals surface area contributed by atoms with Gasteiger partial charge in [0.1, 0.15) is 34.5 Å². The number of amides is 2. The molecule has 0 aliphatic carbocycles. The molecule has 230 valence electrons. The van der Waals surface area contributed by atoms with Gasteiger partial charge in [0.2, 0.25) is 0 Å². The number of anilines is 1. The number of rotatable bonds is 8. The van der Waals surface area contributed by atoms with Crippen LogP contribution in [0.2, 0.25) is 5.15 Å². The molecule has 0 unspecified atom stereocenters. The predicted molar refractivity (Wildman–Crippen MR) is 158 cm³/mol. The van der Waals surface area contributed by atoms with E-state index in [1.54, 1.807) is 50.6 Å². The molecule has 0 bridgehead atoms. The van der Waals surface area contributed by atoms with E-state index in [1.165, 1.54) is 18.2 Å². The average Bonchev–Trinajstić information content (AvgIpc) is 3.30. The van der Waals surface area contributed by atoms with Crippen LogP contribution in [0.5, 0.6) is 11.5 Å². The molecule has 3 aromatic rings. The van der Waals surface area contributed by atoms with Crippen molar-refractivity contribution in [3.05, 3.63) is 35.2 Å². The van der Waals surface area contributed by atoms with Crippen molar-refractivity contribution in [2.45, 2.75) is 33.3 Å². The largest absolute Gasteiger partial charge is 0.494 e. The van der Waals surface area contributed by atoms with Crippen molar-refractivity contribution >= 4 is 46.2 Å². The number of aromatic nitrogens is 3. The Kier molecular flexibility index (Phi) is 8.65. The first kappa shape index (κ1) is 30.4. The Labute approximate surface area is 254 Å². The summed E-state index contributed by atoms with van der Waals surface area (Å²) in [4.78, 5) is 45.8. The van der Waals surface area contributed by atoms with Crippen molar-refractivity contribution in [3.63, 3.8) is 0 Å². The van der Waals surface area contributed by atoms with E-state index in [0.717, 1.165) is 0 Å². The molecular weight excluding hydrogens is 580 g/mol. The van der Waals surface area contributed by atoms with Crippen LogP contribution in [0.3, 0.4) is 0 Å². The Balaban J connectivity index is 1.40. The zero-order chi connectivity index (χ0) is 30.9. The van der Waals surface area contributed by atoms with Gasteiger partial charge in [-0.25, -0.2) is 14.5 Å². The molecule has 1 aromatic carbocycles. The van der Waals surface area contributed by atoms with Gasteiger partial charge in [0.15, 0.2) is 5.69 Å². The summed E-state index contributed by atoms with van der Waals surface area (Å²) in [5.74, 6) is 0.110. The van der Waals surface area contributed by atoms with Gasteiger partial charge in [-0.1, -0.05) is 11.6 Å². The number of esters is 1. The molecule has 0 saturated carbocycles. The van der Waals surface area contributed by atoms with E-state index < -0.39 is 11.7 Å². The number of fused-ring (bicyclic) bond motifs is 2. The van der Waals surface area contributed by atoms with Gasteiger partial charge >= 0.3 is 12.1 Å². The number of halogens is 1. The van der Waals surface area contributed by atoms with Crippen LogP contribution in [0.1, 0.15) is 38.2 Å². The highest BCUT2D eigenvalue weighted by Gasteiger charge is 2.34. The maximum Gasteiger partial charge on any atom is 0.415 e. The molecule has 0 radical (unpaired) electrons. The molecule has 1 fully saturated rings. The number of nitrogens with one attached hydrogen (secondary N) is 1. The second kappa shape index (κ2) is 12.3. The maximum absolute atomic E-state index is 13.3. The molecule has 0 spiro atoms. The molecular formula is C29H35ClN6O7. The van der Waals surface area contributed by atoms with Gasteiger partial charge < -0.3 is 24.3 Å². The first-order chi connectivity index (χ1) is 20.5. The molecule has 2 aliphatic rings. The van der Waals surface area contributed by atoms with Crippen molar-refractivity contribution < 1.29 is 33.3 Å². The average molecular weight is 615 g/mol. The number of benzene rings is 1. The fraction of sp³-hybridized carbons (Fsp3) is 0.483. The van der Waals surface area contributed by atoms with E-state index in [-0.39, 0.29) is 35.2 Å². The third-order valence-corrected chi connectivity index (χ3v) is 7.21. The second-order valence-electron chi connectivity index (χ2n) is 11.2. The van der Waals surface area contributed by atoms with E-state index in [9.17, 15) is 14.4 Å². The molecule has 2 aromatic heterocycles. The van der Waals surface area contributed by atoms with Crippen molar-refractivity contribution in [2.24, 2.45) is 5.92 Å². The van der Waals surface area contributed by atoms with Crippen LogP contribution in [0.15, 0.2) is 24.4 Å². The number of ether oxygens (including phenoxy) is 4. The van der Waals surface area contributed by atoms with Gasteiger partial charge in [0.25, 0.3) is 5.91 Å². The van der Waals surface area contributed by atoms with Gasteiger partial charge in [-0.05, 0) is 27.7 Å². The van der Waals surface area contributed by atoms with Gasteiger partial charge in [0.05, 0.1) is 42.8 Å². The first-order valence-electron chi connectivity index (χ1n) is 14.1. The van der Waals surface area contributed by atoms with Gasteiger partial charge in [-0.2, -0.15) is 5.10 Å². The lowest BCUT2D eigenvalue weighted by molar-refractivity contribution is -0.153. The van der Waals surface area contributed by atoms with Gasteiger partial charge in [-0.15, -0.1) is 0 Å². The van der Waals surface area contributed by atoms with E-state index in [2.05, 4.69) is 20.3 Å². The van der Waals surface area contributed by atoms with Crippen LogP contribution in [-0.4, -0.2) is 96.3 Å². The Bertz CT molecular complexity index is 1550. The summed E-state index contributed by atoms with van der Waals surface area (Å²) in [5, 5.41) is 8.26. The minimum atomic E-state index is -0.669. The number of hydrogen-bond donors (Lipinski definition) is 1. The lowest BCUT2D eigenvalue weighted by Gasteiger charge is -2.37. The highest BCUT2D eigenvalue weighted by molar-refractivity contribution is 6.30. The Morgan fingerprint density at radius 2 is 1.93 bits per heavy atom. The van der Waals surface area contributed by atoms with Crippen LogP contribution < -0.4 is 19.7 Å². The number of carbonyl (C=O) groups is 3. The number of likely N-dealkylation sites (tertiary alicyclic amines) is 1. The first-order valence-corrected chi connectivity index (χ1v) is 14.4. The minimum Gasteiger partial charge on any atom is -0.494 e. The van der Waals surface area contributed by atoms with Crippen molar-refractivity contribution in [2.75, 3.05) is 57.9 Å². The third-order valence-electron chi connectivity index (χ3n) is 7.00. The second-order valence-corrected chi connectivity index (χ2v) is 11.6. The van der Waals surface area contributed by atoms with Gasteiger partial charge in [-0.3, -0.25) is 19.4 Å². The lowest BCUT2D eigenvalue weighted by atomic mass is 10.0. The highest BCUT2D eigenvalue weighted by Crippen LogP contribution is 2.41. The number of carbonyl (C=O) groups excluding carboxylic acids is 3. The predicted octanol–water partition coefficient (Wildman–Crippen LogP) is 3.44. The molecule has 4 heterocycles. The fourth-order valence-electron chi connectivity index (χ4n) is 4.98. The smallest absolute Gasteiger partial charge is 0.415 e. The van der Waals surface area contributed by atoms with Crippen molar-refractivity contribution in [3.8, 4) is 17.2 Å². The van der Waals surface area contributed by atoms with Crippen LogP contribution in [0, 0.1) is 5.92 Å². The molecule has 43 heavy (non-hydrogen) atoms. The Morgan fingerprint density at radius 3 is 2.63 bits per heavy atom. The fourth-order valence-corrected chi connectivity index (χ4v) is 5.13. The zero-order valence-corrected chi connectivity index (χ0v) is 25.6. The van der Waals surface area contributed by atoms with E-state index >= 15 is 0 Å². The lowest BCUT2D eigenvalue weighted by Crippen LogP contribution is -2.52. The number of hydrogen-bond acceptors (Lipinski definition) is 10. The molecule has 14 heteroatoms. The Morgan fingerprint density at radius 1 is 1.16 bits per heavy atom. The number of nitrogens with zero attached hydrogens (tertiary/aromatic N) is 5. The summed E-state index contributed by atoms with van der Waals surface area (Å²) in [6, 6.07) is 5.00. The molecule has 2 amide bonds. The van der Waals surface area contributed by atoms with Crippen molar-refractivity contribution in [1.29, 1.82) is 0 Å². The van der Waals surface area contributed by atoms with E-state index in [1.807, 2.05) is 0 Å². The number of pyridine rings is 1. The third kappa shape index (κ3) is 6.47. The zero-order valence-electron chi connectivity index (χ0n) is 24.8. The summed E-state index contributed by atoms with van der Waals surface area (Å²) in [7, 11) is 1.50. The SMILES string of the molecule is CCOC(=O)C1CN(CCNC(=O)c2nn(-c3cc4c(cc3OC)N(C(=O)OC(C)(C)C)CCO4)c3cc(Cl)ncc23)C1. The minimum absolute atomic E-state index is 0.127. The van der Waals surface area contributed by atoms with E-state index in [0.29, 0.717) is 73.1 Å². The van der Waals surface area contributed by atoms with E-state index in [4.69, 9.17) is 30.5 Å². The summed E-state index contributed by atoms with van der Waals surface area (Å²) < 4.78 is 23.8. The van der Waals surface area contributed by atoms with Crippen LogP contribution in [-0.2, 0) is 14.3 Å². The molecule has 1 saturated heterocycles. The molecule has 13 nitrogen and oxygen atoms in total. The van der Waals surface area contributed by atoms with Crippen molar-refractivity contribution in [1.82, 2.24) is 25.0 Å².